The molecule has 35 heavy (non-hydrogen) atoms. The standard InChI is InChI=1S/C21H25N2P2.C9H13.Fe/c1-20(2,3)16-11-10-15(14-24)19(16)21(25,17-8-4-6-12-22-17)18-9-5-7-13-23-18;1-9(2,3)8-6-4-5-7-8;/h4-13H,14,24-25H2,1-3H3;4-7H,1-3H3;. The zero-order valence-electron chi connectivity index (χ0n) is 21.7. The molecule has 10 aliphatic rings. The van der Waals surface area contributed by atoms with E-state index in [0.717, 1.165) is 28.9 Å². The molecular formula is C30H38FeN2P2. The van der Waals surface area contributed by atoms with E-state index in [0.29, 0.717) is 28.1 Å². The van der Waals surface area contributed by atoms with Crippen molar-refractivity contribution in [1.29, 1.82) is 0 Å². The van der Waals surface area contributed by atoms with Crippen molar-refractivity contribution in [3.05, 3.63) is 60.2 Å². The fourth-order valence-electron chi connectivity index (χ4n) is 25.5. The summed E-state index contributed by atoms with van der Waals surface area (Å²) >= 11 is 0. The summed E-state index contributed by atoms with van der Waals surface area (Å²) in [5, 5.41) is -0.169. The zero-order valence-corrected chi connectivity index (χ0v) is 25.1. The summed E-state index contributed by atoms with van der Waals surface area (Å²) in [7, 11) is 7.01. The van der Waals surface area contributed by atoms with Crippen LogP contribution < -0.4 is 0 Å². The number of pyridine rings is 2. The Bertz CT molecular complexity index is 1900. The van der Waals surface area contributed by atoms with Gasteiger partial charge in [-0.2, -0.15) is 0 Å². The Hall–Kier alpha value is -0.321. The van der Waals surface area contributed by atoms with Crippen molar-refractivity contribution in [3.8, 4) is 0 Å². The summed E-state index contributed by atoms with van der Waals surface area (Å²) < 4.78 is 2.34. The molecule has 0 amide bonds. The predicted octanol–water partition coefficient (Wildman–Crippen LogP) is 8.43. The maximum absolute atomic E-state index is 5.23. The SMILES string of the molecule is CC(C)(C)[C]12[CH]3[CH]4[CH]5[CH]1[Fe]45321678[CH]2[CH]1[C]6(C(C)(C)C)[C]7(C(P)(c1ccccn1)c1ccccn1)[C]28CP. The number of nitrogens with zero attached hydrogens (tertiary/aromatic N) is 2. The summed E-state index contributed by atoms with van der Waals surface area (Å²) in [6.07, 6.45) is 5.46. The van der Waals surface area contributed by atoms with Crippen LogP contribution in [0.25, 0.3) is 0 Å². The maximum atomic E-state index is 5.23. The van der Waals surface area contributed by atoms with Gasteiger partial charge in [0.25, 0.3) is 0 Å². The van der Waals surface area contributed by atoms with Gasteiger partial charge in [-0.25, -0.2) is 0 Å². The Balaban J connectivity index is 1.37. The molecule has 11 atom stereocenters. The second-order valence-electron chi connectivity index (χ2n) is 18.0. The van der Waals surface area contributed by atoms with Crippen molar-refractivity contribution in [2.24, 2.45) is 10.8 Å². The van der Waals surface area contributed by atoms with Gasteiger partial charge in [-0.15, -0.1) is 0 Å². The molecule has 11 unspecified atom stereocenters. The number of rotatable bonds is 4. The van der Waals surface area contributed by atoms with Crippen molar-refractivity contribution >= 4 is 18.5 Å². The van der Waals surface area contributed by atoms with Gasteiger partial charge in [-0.3, -0.25) is 0 Å². The fraction of sp³-hybridized carbons (Fsp3) is 0.667. The van der Waals surface area contributed by atoms with E-state index in [2.05, 4.69) is 109 Å². The van der Waals surface area contributed by atoms with Crippen LogP contribution in [0, 0.1) is 10.8 Å². The molecule has 12 rings (SSSR count). The molecule has 0 radical (unpaired) electrons. The Morgan fingerprint density at radius 3 is 1.69 bits per heavy atom. The van der Waals surface area contributed by atoms with Crippen LogP contribution in [0.2, 0.25) is 46.2 Å². The van der Waals surface area contributed by atoms with Gasteiger partial charge in [0.05, 0.1) is 0 Å². The van der Waals surface area contributed by atoms with Crippen LogP contribution in [0.1, 0.15) is 52.9 Å². The van der Waals surface area contributed by atoms with E-state index in [-0.39, 0.29) is 5.16 Å². The Morgan fingerprint density at radius 2 is 1.34 bits per heavy atom. The van der Waals surface area contributed by atoms with Crippen LogP contribution in [0.4, 0.5) is 0 Å². The van der Waals surface area contributed by atoms with E-state index < -0.39 is 6.51 Å². The Morgan fingerprint density at radius 1 is 0.800 bits per heavy atom. The molecular weight excluding hydrogens is 506 g/mol. The third-order valence-electron chi connectivity index (χ3n) is 20.7. The van der Waals surface area contributed by atoms with E-state index in [1.165, 1.54) is 17.5 Å². The van der Waals surface area contributed by atoms with Crippen LogP contribution in [0.15, 0.2) is 48.8 Å². The normalized spacial score (nSPS) is 71.8. The molecule has 1 spiro atoms. The van der Waals surface area contributed by atoms with Gasteiger partial charge in [0, 0.05) is 0 Å². The average molecular weight is 544 g/mol. The Kier molecular flexibility index (Phi) is 1.31. The topological polar surface area (TPSA) is 25.8 Å². The van der Waals surface area contributed by atoms with Gasteiger partial charge < -0.3 is 0 Å². The first-order valence-corrected chi connectivity index (χ1v) is 21.2. The first-order valence-electron chi connectivity index (χ1n) is 13.8. The van der Waals surface area contributed by atoms with E-state index in [4.69, 9.17) is 9.97 Å². The summed E-state index contributed by atoms with van der Waals surface area (Å²) in [4.78, 5) is 17.3. The molecule has 0 aromatic carbocycles. The fourth-order valence-corrected chi connectivity index (χ4v) is 120. The first kappa shape index (κ1) is 18.9. The molecule has 2 aromatic heterocycles. The van der Waals surface area contributed by atoms with Gasteiger partial charge >= 0.3 is 205 Å². The summed E-state index contributed by atoms with van der Waals surface area (Å²) in [5.74, 6) is 0. The van der Waals surface area contributed by atoms with Crippen LogP contribution in [0.5, 0.6) is 0 Å². The van der Waals surface area contributed by atoms with Crippen LogP contribution in [-0.2, 0) is 11.7 Å². The van der Waals surface area contributed by atoms with Gasteiger partial charge in [-0.1, -0.05) is 0 Å². The summed E-state index contributed by atoms with van der Waals surface area (Å²) in [6, 6.07) is 13.4. The molecule has 186 valence electrons. The predicted molar refractivity (Wildman–Crippen MR) is 146 cm³/mol. The molecule has 10 fully saturated rings. The summed E-state index contributed by atoms with van der Waals surface area (Å²) in [6.45, 7) is 11.8. The monoisotopic (exact) mass is 544 g/mol. The van der Waals surface area contributed by atoms with E-state index in [1.807, 2.05) is 0 Å². The molecule has 12 heterocycles. The number of hydrogen-bond donors (Lipinski definition) is 0. The third kappa shape index (κ3) is 0.348. The van der Waals surface area contributed by atoms with Crippen LogP contribution in [-0.4, -0.2) is 16.1 Å². The quantitative estimate of drug-likeness (QED) is 0.285. The molecule has 0 aliphatic carbocycles. The second kappa shape index (κ2) is 2.43. The van der Waals surface area contributed by atoms with Crippen LogP contribution in [0.3, 0.4) is 0 Å². The summed E-state index contributed by atoms with van der Waals surface area (Å²) in [5.41, 5.74) is 3.37. The van der Waals surface area contributed by atoms with E-state index in [9.17, 15) is 0 Å². The number of aromatic nitrogens is 2. The second-order valence-corrected chi connectivity index (χ2v) is 41.9. The van der Waals surface area contributed by atoms with Crippen molar-refractivity contribution in [3.63, 3.8) is 0 Å². The van der Waals surface area contributed by atoms with Crippen molar-refractivity contribution in [2.75, 3.05) is 6.16 Å². The van der Waals surface area contributed by atoms with E-state index in [1.54, 1.807) is 0 Å². The van der Waals surface area contributed by atoms with Crippen molar-refractivity contribution in [1.82, 2.24) is 9.97 Å². The minimum absolute atomic E-state index is 0.169. The average Bonchev–Trinajstić information content (AvgIpc) is 3.77. The molecule has 10 saturated heterocycles. The molecule has 5 heteroatoms. The minimum atomic E-state index is -4.32. The number of hydrogen-bond acceptors (Lipinski definition) is 2. The molecule has 10 aliphatic heterocycles. The molecule has 2 aromatic rings. The molecule has 0 saturated carbocycles. The number of fused-ring (bicyclic) bond motifs is 10. The van der Waals surface area contributed by atoms with Crippen LogP contribution >= 0.6 is 18.5 Å². The van der Waals surface area contributed by atoms with Gasteiger partial charge in [-0.05, 0) is 0 Å². The zero-order chi connectivity index (χ0) is 24.2. The van der Waals surface area contributed by atoms with Gasteiger partial charge in [0.1, 0.15) is 0 Å². The van der Waals surface area contributed by atoms with Gasteiger partial charge in [0.15, 0.2) is 0 Å². The molecule has 0 bridgehead atoms. The first-order chi connectivity index (χ1) is 16.2. The van der Waals surface area contributed by atoms with Crippen molar-refractivity contribution < 1.29 is 6.51 Å². The van der Waals surface area contributed by atoms with Gasteiger partial charge in [0.2, 0.25) is 0 Å². The van der Waals surface area contributed by atoms with Crippen molar-refractivity contribution in [2.45, 2.75) is 92.9 Å². The van der Waals surface area contributed by atoms with E-state index >= 15 is 0 Å². The Labute approximate surface area is 204 Å². The molecule has 2 nitrogen and oxygen atoms in total. The molecule has 0 N–H and O–H groups in total. The third-order valence-corrected chi connectivity index (χ3v) is 68.4.